The number of nitrogens with one attached hydrogen (secondary N) is 2. The third-order valence-electron chi connectivity index (χ3n) is 3.27. The Morgan fingerprint density at radius 3 is 2.65 bits per heavy atom. The fourth-order valence-electron chi connectivity index (χ4n) is 1.78. The van der Waals surface area contributed by atoms with E-state index in [4.69, 9.17) is 0 Å². The van der Waals surface area contributed by atoms with Gasteiger partial charge in [-0.25, -0.2) is 4.68 Å². The minimum atomic E-state index is -0.169. The van der Waals surface area contributed by atoms with Crippen LogP contribution in [0.15, 0.2) is 9.59 Å². The lowest BCUT2D eigenvalue weighted by atomic mass is 10.2. The second-order valence-corrected chi connectivity index (χ2v) is 4.73. The molecule has 1 saturated carbocycles. The Kier molecular flexibility index (Phi) is 3.47. The molecule has 1 aromatic rings. The fourth-order valence-corrected chi connectivity index (χ4v) is 1.78. The van der Waals surface area contributed by atoms with Crippen LogP contribution in [-0.2, 0) is 6.54 Å². The Bertz CT molecular complexity index is 511. The molecular formula is C12H19N3O2. The molecule has 1 aromatic heterocycles. The predicted octanol–water partition coefficient (Wildman–Crippen LogP) is 0.296. The number of rotatable bonds is 5. The summed E-state index contributed by atoms with van der Waals surface area (Å²) in [7, 11) is 0. The van der Waals surface area contributed by atoms with E-state index in [1.807, 2.05) is 0 Å². The number of aromatic amines is 1. The molecule has 0 spiro atoms. The van der Waals surface area contributed by atoms with E-state index in [0.717, 1.165) is 13.0 Å². The Morgan fingerprint density at radius 2 is 2.00 bits per heavy atom. The number of aryl methyl sites for hydroxylation is 1. The molecule has 2 N–H and O–H groups in total. The van der Waals surface area contributed by atoms with Crippen molar-refractivity contribution in [2.24, 2.45) is 0 Å². The van der Waals surface area contributed by atoms with Crippen molar-refractivity contribution in [1.29, 1.82) is 0 Å². The quantitative estimate of drug-likeness (QED) is 0.724. The zero-order valence-electron chi connectivity index (χ0n) is 10.4. The number of hydrogen-bond acceptors (Lipinski definition) is 3. The summed E-state index contributed by atoms with van der Waals surface area (Å²) in [5.41, 5.74) is 0.803. The van der Waals surface area contributed by atoms with Gasteiger partial charge in [0.2, 0.25) is 0 Å². The van der Waals surface area contributed by atoms with Crippen molar-refractivity contribution in [1.82, 2.24) is 15.1 Å². The number of aromatic nitrogens is 2. The number of H-pyrrole nitrogens is 1. The summed E-state index contributed by atoms with van der Waals surface area (Å²) >= 11 is 0. The Labute approximate surface area is 99.8 Å². The summed E-state index contributed by atoms with van der Waals surface area (Å²) in [6.45, 7) is 4.83. The highest BCUT2D eigenvalue weighted by Gasteiger charge is 2.19. The van der Waals surface area contributed by atoms with Crippen molar-refractivity contribution in [3.8, 4) is 0 Å². The first kappa shape index (κ1) is 12.1. The molecular weight excluding hydrogens is 218 g/mol. The molecule has 17 heavy (non-hydrogen) atoms. The summed E-state index contributed by atoms with van der Waals surface area (Å²) < 4.78 is 1.42. The van der Waals surface area contributed by atoms with Crippen molar-refractivity contribution < 1.29 is 0 Å². The van der Waals surface area contributed by atoms with Gasteiger partial charge in [0.05, 0.1) is 0 Å². The van der Waals surface area contributed by atoms with Crippen LogP contribution >= 0.6 is 0 Å². The second kappa shape index (κ2) is 4.87. The summed E-state index contributed by atoms with van der Waals surface area (Å²) in [5.74, 6) is 0. The highest BCUT2D eigenvalue weighted by Crippen LogP contribution is 2.18. The van der Waals surface area contributed by atoms with E-state index >= 15 is 0 Å². The molecule has 1 aliphatic rings. The fraction of sp³-hybridized carbons (Fsp3) is 0.667. The predicted molar refractivity (Wildman–Crippen MR) is 66.4 cm³/mol. The molecule has 0 unspecified atom stereocenters. The molecule has 0 atom stereocenters. The van der Waals surface area contributed by atoms with Crippen LogP contribution in [0.25, 0.3) is 0 Å². The average Bonchev–Trinajstić information content (AvgIpc) is 3.12. The molecule has 1 fully saturated rings. The molecule has 5 heteroatoms. The van der Waals surface area contributed by atoms with Gasteiger partial charge >= 0.3 is 0 Å². The van der Waals surface area contributed by atoms with E-state index in [1.165, 1.54) is 17.5 Å². The first-order valence-electron chi connectivity index (χ1n) is 6.13. The summed E-state index contributed by atoms with van der Waals surface area (Å²) in [6, 6.07) is 0.686. The second-order valence-electron chi connectivity index (χ2n) is 4.73. The van der Waals surface area contributed by atoms with Gasteiger partial charge in [-0.05, 0) is 39.7 Å². The van der Waals surface area contributed by atoms with Crippen molar-refractivity contribution in [3.05, 3.63) is 31.8 Å². The van der Waals surface area contributed by atoms with Crippen LogP contribution < -0.4 is 16.4 Å². The lowest BCUT2D eigenvalue weighted by Gasteiger charge is -2.08. The summed E-state index contributed by atoms with van der Waals surface area (Å²) in [6.07, 6.45) is 3.38. The van der Waals surface area contributed by atoms with Crippen LogP contribution in [0.1, 0.15) is 30.4 Å². The molecule has 0 amide bonds. The Hall–Kier alpha value is -1.36. The standard InChI is InChI=1S/C12H19N3O2/c1-8-9(2)12(17)15(14-11(8)16)7-3-6-13-10-4-5-10/h10,13H,3-7H2,1-2H3,(H,14,16). The maximum absolute atomic E-state index is 11.9. The van der Waals surface area contributed by atoms with Gasteiger partial charge in [0.25, 0.3) is 11.1 Å². The monoisotopic (exact) mass is 237 g/mol. The topological polar surface area (TPSA) is 66.9 Å². The molecule has 0 aliphatic heterocycles. The molecule has 5 nitrogen and oxygen atoms in total. The lowest BCUT2D eigenvalue weighted by molar-refractivity contribution is 0.512. The van der Waals surface area contributed by atoms with Crippen LogP contribution in [0.2, 0.25) is 0 Å². The van der Waals surface area contributed by atoms with Gasteiger partial charge in [0, 0.05) is 23.7 Å². The molecule has 0 bridgehead atoms. The van der Waals surface area contributed by atoms with Gasteiger partial charge in [-0.2, -0.15) is 0 Å². The first-order valence-corrected chi connectivity index (χ1v) is 6.13. The van der Waals surface area contributed by atoms with Gasteiger partial charge in [-0.1, -0.05) is 0 Å². The van der Waals surface area contributed by atoms with Crippen molar-refractivity contribution in [3.63, 3.8) is 0 Å². The molecule has 0 aromatic carbocycles. The average molecular weight is 237 g/mol. The zero-order valence-corrected chi connectivity index (χ0v) is 10.4. The smallest absolute Gasteiger partial charge is 0.268 e. The van der Waals surface area contributed by atoms with Crippen molar-refractivity contribution in [2.75, 3.05) is 6.54 Å². The Balaban J connectivity index is 1.99. The van der Waals surface area contributed by atoms with E-state index < -0.39 is 0 Å². The van der Waals surface area contributed by atoms with E-state index in [-0.39, 0.29) is 11.1 Å². The van der Waals surface area contributed by atoms with Crippen LogP contribution in [0, 0.1) is 13.8 Å². The third kappa shape index (κ3) is 2.85. The molecule has 0 radical (unpaired) electrons. The third-order valence-corrected chi connectivity index (χ3v) is 3.27. The van der Waals surface area contributed by atoms with E-state index in [9.17, 15) is 9.59 Å². The van der Waals surface area contributed by atoms with E-state index in [2.05, 4.69) is 10.4 Å². The summed E-state index contributed by atoms with van der Waals surface area (Å²) in [4.78, 5) is 23.4. The highest BCUT2D eigenvalue weighted by molar-refractivity contribution is 5.17. The summed E-state index contributed by atoms with van der Waals surface area (Å²) in [5, 5.41) is 5.99. The normalized spacial score (nSPS) is 15.2. The first-order chi connectivity index (χ1) is 8.09. The number of hydrogen-bond donors (Lipinski definition) is 2. The molecule has 1 aliphatic carbocycles. The molecule has 0 saturated heterocycles. The highest BCUT2D eigenvalue weighted by atomic mass is 16.2. The van der Waals surface area contributed by atoms with Crippen LogP contribution in [0.3, 0.4) is 0 Å². The Morgan fingerprint density at radius 1 is 1.29 bits per heavy atom. The number of nitrogens with zero attached hydrogens (tertiary/aromatic N) is 1. The minimum absolute atomic E-state index is 0.0893. The van der Waals surface area contributed by atoms with Crippen molar-refractivity contribution in [2.45, 2.75) is 45.7 Å². The van der Waals surface area contributed by atoms with Gasteiger partial charge in [-0.15, -0.1) is 0 Å². The maximum atomic E-state index is 11.9. The van der Waals surface area contributed by atoms with Crippen LogP contribution in [0.5, 0.6) is 0 Å². The lowest BCUT2D eigenvalue weighted by Crippen LogP contribution is -2.34. The van der Waals surface area contributed by atoms with Crippen LogP contribution in [0.4, 0.5) is 0 Å². The van der Waals surface area contributed by atoms with Gasteiger partial charge < -0.3 is 5.32 Å². The molecule has 2 rings (SSSR count). The maximum Gasteiger partial charge on any atom is 0.268 e. The molecule has 1 heterocycles. The minimum Gasteiger partial charge on any atom is -0.314 e. The largest absolute Gasteiger partial charge is 0.314 e. The van der Waals surface area contributed by atoms with Crippen LogP contribution in [-0.4, -0.2) is 22.4 Å². The van der Waals surface area contributed by atoms with E-state index in [1.54, 1.807) is 13.8 Å². The van der Waals surface area contributed by atoms with Crippen molar-refractivity contribution >= 4 is 0 Å². The van der Waals surface area contributed by atoms with Gasteiger partial charge in [0.1, 0.15) is 0 Å². The van der Waals surface area contributed by atoms with Gasteiger partial charge in [0.15, 0.2) is 0 Å². The van der Waals surface area contributed by atoms with E-state index in [0.29, 0.717) is 23.7 Å². The zero-order chi connectivity index (χ0) is 12.4. The SMILES string of the molecule is Cc1c(C)c(=O)n(CCCNC2CC2)[nH]c1=O. The molecule has 94 valence electrons. The van der Waals surface area contributed by atoms with Gasteiger partial charge in [-0.3, -0.25) is 14.7 Å².